The quantitative estimate of drug-likeness (QED) is 0.802. The van der Waals surface area contributed by atoms with Crippen LogP contribution in [0.15, 0.2) is 29.2 Å². The van der Waals surface area contributed by atoms with Crippen LogP contribution in [0.5, 0.6) is 0 Å². The van der Waals surface area contributed by atoms with Gasteiger partial charge in [0.25, 0.3) is 0 Å². The molecule has 1 aromatic rings. The molecule has 2 unspecified atom stereocenters. The van der Waals surface area contributed by atoms with E-state index in [1.165, 1.54) is 36.1 Å². The molecule has 0 amide bonds. The van der Waals surface area contributed by atoms with Crippen LogP contribution in [0.25, 0.3) is 0 Å². The van der Waals surface area contributed by atoms with Crippen molar-refractivity contribution in [2.75, 3.05) is 5.75 Å². The van der Waals surface area contributed by atoms with Crippen LogP contribution in [0, 0.1) is 0 Å². The van der Waals surface area contributed by atoms with Crippen LogP contribution in [0.1, 0.15) is 38.2 Å². The van der Waals surface area contributed by atoms with Gasteiger partial charge in [0.1, 0.15) is 0 Å². The Morgan fingerprint density at radius 3 is 2.61 bits per heavy atom. The van der Waals surface area contributed by atoms with Crippen molar-refractivity contribution in [3.05, 3.63) is 29.8 Å². The van der Waals surface area contributed by atoms with E-state index in [0.29, 0.717) is 12.1 Å². The monoisotopic (exact) mass is 264 g/mol. The Morgan fingerprint density at radius 1 is 1.22 bits per heavy atom. The summed E-state index contributed by atoms with van der Waals surface area (Å²) in [6, 6.07) is 9.72. The summed E-state index contributed by atoms with van der Waals surface area (Å²) in [6.07, 6.45) is 5.01. The summed E-state index contributed by atoms with van der Waals surface area (Å²) in [6.45, 7) is 3.13. The average Bonchev–Trinajstić information content (AvgIpc) is 2.40. The first-order valence-corrected chi connectivity index (χ1v) is 7.99. The molecule has 2 atom stereocenters. The van der Waals surface area contributed by atoms with Gasteiger partial charge in [0, 0.05) is 23.5 Å². The molecule has 2 nitrogen and oxygen atoms in total. The first-order chi connectivity index (χ1) is 8.79. The van der Waals surface area contributed by atoms with E-state index in [0.717, 1.165) is 12.3 Å². The van der Waals surface area contributed by atoms with Gasteiger partial charge in [0.05, 0.1) is 0 Å². The van der Waals surface area contributed by atoms with Crippen molar-refractivity contribution in [2.45, 2.75) is 56.1 Å². The molecule has 1 fully saturated rings. The van der Waals surface area contributed by atoms with Crippen molar-refractivity contribution in [2.24, 2.45) is 5.73 Å². The highest BCUT2D eigenvalue weighted by Gasteiger charge is 2.20. The van der Waals surface area contributed by atoms with E-state index in [1.807, 2.05) is 11.8 Å². The lowest BCUT2D eigenvalue weighted by molar-refractivity contribution is 0.326. The van der Waals surface area contributed by atoms with Gasteiger partial charge in [-0.05, 0) is 36.3 Å². The second-order valence-corrected chi connectivity index (χ2v) is 6.35. The molecule has 100 valence electrons. The highest BCUT2D eigenvalue weighted by atomic mass is 32.2. The van der Waals surface area contributed by atoms with Gasteiger partial charge in [-0.15, -0.1) is 11.8 Å². The van der Waals surface area contributed by atoms with E-state index in [-0.39, 0.29) is 0 Å². The molecule has 0 bridgehead atoms. The summed E-state index contributed by atoms with van der Waals surface area (Å²) in [7, 11) is 0. The summed E-state index contributed by atoms with van der Waals surface area (Å²) >= 11 is 1.89. The Kier molecular flexibility index (Phi) is 5.54. The number of thioether (sulfide) groups is 1. The van der Waals surface area contributed by atoms with Gasteiger partial charge in [-0.2, -0.15) is 0 Å². The van der Waals surface area contributed by atoms with Gasteiger partial charge in [0.2, 0.25) is 0 Å². The predicted molar refractivity (Wildman–Crippen MR) is 79.9 cm³/mol. The molecular weight excluding hydrogens is 240 g/mol. The Bertz CT molecular complexity index is 350. The highest BCUT2D eigenvalue weighted by Crippen LogP contribution is 2.19. The topological polar surface area (TPSA) is 38.0 Å². The SMILES string of the molecule is CCSc1ccc(CNC2CCCCC2N)cc1. The van der Waals surface area contributed by atoms with Crippen LogP contribution in [-0.2, 0) is 6.54 Å². The van der Waals surface area contributed by atoms with E-state index in [9.17, 15) is 0 Å². The van der Waals surface area contributed by atoms with E-state index >= 15 is 0 Å². The minimum absolute atomic E-state index is 0.341. The highest BCUT2D eigenvalue weighted by molar-refractivity contribution is 7.99. The number of rotatable bonds is 5. The summed E-state index contributed by atoms with van der Waals surface area (Å²) in [5, 5.41) is 3.61. The lowest BCUT2D eigenvalue weighted by Crippen LogP contribution is -2.46. The Hall–Kier alpha value is -0.510. The third kappa shape index (κ3) is 4.01. The van der Waals surface area contributed by atoms with Gasteiger partial charge in [0.15, 0.2) is 0 Å². The van der Waals surface area contributed by atoms with E-state index in [1.54, 1.807) is 0 Å². The molecule has 2 rings (SSSR count). The predicted octanol–water partition coefficient (Wildman–Crippen LogP) is 3.16. The molecule has 1 saturated carbocycles. The zero-order chi connectivity index (χ0) is 12.8. The lowest BCUT2D eigenvalue weighted by atomic mass is 9.91. The second-order valence-electron chi connectivity index (χ2n) is 5.01. The Labute approximate surface area is 115 Å². The molecule has 0 saturated heterocycles. The summed E-state index contributed by atoms with van der Waals surface area (Å²) in [5.74, 6) is 1.13. The third-order valence-corrected chi connectivity index (χ3v) is 4.52. The molecule has 0 spiro atoms. The molecule has 3 heteroatoms. The third-order valence-electron chi connectivity index (χ3n) is 3.62. The Morgan fingerprint density at radius 2 is 1.94 bits per heavy atom. The maximum atomic E-state index is 6.14. The first-order valence-electron chi connectivity index (χ1n) is 7.00. The number of hydrogen-bond acceptors (Lipinski definition) is 3. The van der Waals surface area contributed by atoms with Crippen molar-refractivity contribution in [3.63, 3.8) is 0 Å². The van der Waals surface area contributed by atoms with Crippen LogP contribution in [0.2, 0.25) is 0 Å². The molecule has 0 heterocycles. The lowest BCUT2D eigenvalue weighted by Gasteiger charge is -2.29. The van der Waals surface area contributed by atoms with Gasteiger partial charge >= 0.3 is 0 Å². The standard InChI is InChI=1S/C15H24N2S/c1-2-18-13-9-7-12(8-10-13)11-17-15-6-4-3-5-14(15)16/h7-10,14-15,17H,2-6,11,16H2,1H3. The average molecular weight is 264 g/mol. The van der Waals surface area contributed by atoms with Crippen LogP contribution in [0.4, 0.5) is 0 Å². The molecular formula is C15H24N2S. The van der Waals surface area contributed by atoms with E-state index < -0.39 is 0 Å². The number of hydrogen-bond donors (Lipinski definition) is 2. The van der Waals surface area contributed by atoms with Crippen molar-refractivity contribution in [3.8, 4) is 0 Å². The van der Waals surface area contributed by atoms with Gasteiger partial charge in [-0.25, -0.2) is 0 Å². The van der Waals surface area contributed by atoms with E-state index in [2.05, 4.69) is 36.5 Å². The minimum atomic E-state index is 0.341. The largest absolute Gasteiger partial charge is 0.326 e. The van der Waals surface area contributed by atoms with Gasteiger partial charge < -0.3 is 11.1 Å². The van der Waals surface area contributed by atoms with Crippen molar-refractivity contribution in [1.82, 2.24) is 5.32 Å². The zero-order valence-electron chi connectivity index (χ0n) is 11.2. The van der Waals surface area contributed by atoms with Gasteiger partial charge in [-0.3, -0.25) is 0 Å². The summed E-state index contributed by atoms with van der Waals surface area (Å²) < 4.78 is 0. The van der Waals surface area contributed by atoms with E-state index in [4.69, 9.17) is 5.73 Å². The fourth-order valence-corrected chi connectivity index (χ4v) is 3.19. The summed E-state index contributed by atoms with van der Waals surface area (Å²) in [5.41, 5.74) is 7.50. The smallest absolute Gasteiger partial charge is 0.0222 e. The summed E-state index contributed by atoms with van der Waals surface area (Å²) in [4.78, 5) is 1.36. The zero-order valence-corrected chi connectivity index (χ0v) is 12.0. The van der Waals surface area contributed by atoms with Crippen molar-refractivity contribution >= 4 is 11.8 Å². The molecule has 1 aliphatic rings. The fraction of sp³-hybridized carbons (Fsp3) is 0.600. The molecule has 0 aromatic heterocycles. The second kappa shape index (κ2) is 7.17. The maximum Gasteiger partial charge on any atom is 0.0222 e. The number of nitrogens with two attached hydrogens (primary N) is 1. The maximum absolute atomic E-state index is 6.14. The van der Waals surface area contributed by atoms with Gasteiger partial charge in [-0.1, -0.05) is 31.9 Å². The fourth-order valence-electron chi connectivity index (χ4n) is 2.53. The van der Waals surface area contributed by atoms with Crippen LogP contribution >= 0.6 is 11.8 Å². The first kappa shape index (κ1) is 13.9. The molecule has 3 N–H and O–H groups in total. The van der Waals surface area contributed by atoms with Crippen LogP contribution in [0.3, 0.4) is 0 Å². The van der Waals surface area contributed by atoms with Crippen molar-refractivity contribution < 1.29 is 0 Å². The van der Waals surface area contributed by atoms with Crippen LogP contribution < -0.4 is 11.1 Å². The molecule has 0 aliphatic heterocycles. The molecule has 0 radical (unpaired) electrons. The minimum Gasteiger partial charge on any atom is -0.326 e. The number of benzene rings is 1. The molecule has 1 aromatic carbocycles. The van der Waals surface area contributed by atoms with Crippen LogP contribution in [-0.4, -0.2) is 17.8 Å². The molecule has 18 heavy (non-hydrogen) atoms. The Balaban J connectivity index is 1.82. The normalized spacial score (nSPS) is 24.1. The number of nitrogens with one attached hydrogen (secondary N) is 1. The molecule has 1 aliphatic carbocycles. The van der Waals surface area contributed by atoms with Crippen molar-refractivity contribution in [1.29, 1.82) is 0 Å².